The number of carboxylic acids is 1. The second-order valence-electron chi connectivity index (χ2n) is 11.1. The quantitative estimate of drug-likeness (QED) is 0.122. The number of carbonyl (C=O) groups is 4. The number of carboxylic acid groups (broad SMARTS) is 1. The van der Waals surface area contributed by atoms with Crippen molar-refractivity contribution < 1.29 is 29.0 Å². The van der Waals surface area contributed by atoms with Crippen LogP contribution in [0.5, 0.6) is 0 Å². The SMILES string of the molecule is CCCCCCCC[C@H](C)[C@H](CC(=O)N[C@@H](Cc1cccc(Cl)c1)C(=O)N[C@@H](C)C(=O)O)OC(=O)[C@H](N)[C@@H](C)CC. The fourth-order valence-corrected chi connectivity index (χ4v) is 4.64. The van der Waals surface area contributed by atoms with E-state index in [0.717, 1.165) is 25.7 Å². The molecule has 0 aliphatic heterocycles. The molecule has 0 unspecified atom stereocenters. The molecule has 0 saturated carbocycles. The van der Waals surface area contributed by atoms with Crippen LogP contribution in [-0.4, -0.2) is 53.1 Å². The molecule has 0 heterocycles. The molecular formula is C31H50ClN3O6. The van der Waals surface area contributed by atoms with E-state index in [4.69, 9.17) is 22.1 Å². The lowest BCUT2D eigenvalue weighted by atomic mass is 9.93. The normalized spacial score (nSPS) is 15.6. The van der Waals surface area contributed by atoms with Crippen LogP contribution < -0.4 is 16.4 Å². The lowest BCUT2D eigenvalue weighted by molar-refractivity contribution is -0.156. The summed E-state index contributed by atoms with van der Waals surface area (Å²) in [7, 11) is 0. The number of unbranched alkanes of at least 4 members (excludes halogenated alkanes) is 5. The summed E-state index contributed by atoms with van der Waals surface area (Å²) < 4.78 is 5.81. The summed E-state index contributed by atoms with van der Waals surface area (Å²) >= 11 is 6.10. The Morgan fingerprint density at radius 1 is 0.976 bits per heavy atom. The molecule has 0 bridgehead atoms. The molecule has 0 radical (unpaired) electrons. The van der Waals surface area contributed by atoms with Gasteiger partial charge >= 0.3 is 11.9 Å². The summed E-state index contributed by atoms with van der Waals surface area (Å²) in [6.07, 6.45) is 7.43. The van der Waals surface area contributed by atoms with E-state index in [1.165, 1.54) is 26.2 Å². The molecule has 1 aromatic rings. The summed E-state index contributed by atoms with van der Waals surface area (Å²) in [5, 5.41) is 14.9. The molecule has 232 valence electrons. The Kier molecular flexibility index (Phi) is 17.3. The number of benzene rings is 1. The second kappa shape index (κ2) is 19.5. The van der Waals surface area contributed by atoms with Crippen molar-refractivity contribution >= 4 is 35.4 Å². The molecule has 0 fully saturated rings. The second-order valence-corrected chi connectivity index (χ2v) is 11.6. The highest BCUT2D eigenvalue weighted by Gasteiger charge is 2.31. The third kappa shape index (κ3) is 14.2. The van der Waals surface area contributed by atoms with Gasteiger partial charge in [-0.2, -0.15) is 0 Å². The van der Waals surface area contributed by atoms with Gasteiger partial charge in [0, 0.05) is 11.4 Å². The standard InChI is InChI=1S/C31H50ClN3O6/c1-6-8-9-10-11-12-14-21(4)26(41-31(40)28(33)20(3)7-2)19-27(36)35-25(29(37)34-22(5)30(38)39)18-23-15-13-16-24(32)17-23/h13,15-17,20-22,25-26,28H,6-12,14,18-19,33H2,1-5H3,(H,34,37)(H,35,36)(H,38,39)/t20-,21-,22-,25-,26-,28+/m0/s1. The molecule has 9 nitrogen and oxygen atoms in total. The first kappa shape index (κ1) is 36.4. The number of esters is 1. The lowest BCUT2D eigenvalue weighted by Gasteiger charge is -2.27. The summed E-state index contributed by atoms with van der Waals surface area (Å²) in [6.45, 7) is 9.30. The first-order chi connectivity index (χ1) is 19.4. The molecular weight excluding hydrogens is 546 g/mol. The number of halogens is 1. The first-order valence-electron chi connectivity index (χ1n) is 14.9. The van der Waals surface area contributed by atoms with E-state index in [1.54, 1.807) is 24.3 Å². The number of hydrogen-bond donors (Lipinski definition) is 4. The van der Waals surface area contributed by atoms with Gasteiger partial charge in [-0.25, -0.2) is 0 Å². The van der Waals surface area contributed by atoms with Crippen molar-refractivity contribution in [3.63, 3.8) is 0 Å². The predicted molar refractivity (Wildman–Crippen MR) is 161 cm³/mol. The van der Waals surface area contributed by atoms with Gasteiger partial charge in [-0.05, 0) is 42.9 Å². The molecule has 1 aromatic carbocycles. The molecule has 0 aliphatic rings. The van der Waals surface area contributed by atoms with Crippen molar-refractivity contribution in [3.8, 4) is 0 Å². The van der Waals surface area contributed by atoms with Crippen molar-refractivity contribution in [2.24, 2.45) is 17.6 Å². The van der Waals surface area contributed by atoms with E-state index in [1.807, 2.05) is 20.8 Å². The number of carbonyl (C=O) groups excluding carboxylic acids is 3. The summed E-state index contributed by atoms with van der Waals surface area (Å²) in [5.41, 5.74) is 6.82. The molecule has 0 aliphatic carbocycles. The van der Waals surface area contributed by atoms with Crippen LogP contribution in [0, 0.1) is 11.8 Å². The fourth-order valence-electron chi connectivity index (χ4n) is 4.43. The number of rotatable bonds is 20. The highest BCUT2D eigenvalue weighted by molar-refractivity contribution is 6.30. The Morgan fingerprint density at radius 2 is 1.63 bits per heavy atom. The molecule has 41 heavy (non-hydrogen) atoms. The van der Waals surface area contributed by atoms with E-state index >= 15 is 0 Å². The van der Waals surface area contributed by atoms with Gasteiger partial charge in [0.1, 0.15) is 24.2 Å². The van der Waals surface area contributed by atoms with Crippen molar-refractivity contribution in [1.82, 2.24) is 10.6 Å². The third-order valence-electron chi connectivity index (χ3n) is 7.54. The maximum absolute atomic E-state index is 13.3. The van der Waals surface area contributed by atoms with E-state index in [0.29, 0.717) is 17.0 Å². The number of amides is 2. The van der Waals surface area contributed by atoms with Crippen molar-refractivity contribution in [3.05, 3.63) is 34.9 Å². The first-order valence-corrected chi connectivity index (χ1v) is 15.3. The molecule has 0 saturated heterocycles. The fraction of sp³-hybridized carbons (Fsp3) is 0.677. The zero-order valence-electron chi connectivity index (χ0n) is 25.3. The lowest BCUT2D eigenvalue weighted by Crippen LogP contribution is -2.52. The highest BCUT2D eigenvalue weighted by Crippen LogP contribution is 2.22. The Balaban J connectivity index is 3.04. The summed E-state index contributed by atoms with van der Waals surface area (Å²) in [5.74, 6) is -3.05. The van der Waals surface area contributed by atoms with E-state index < -0.39 is 48.0 Å². The molecule has 1 rings (SSSR count). The third-order valence-corrected chi connectivity index (χ3v) is 7.78. The minimum absolute atomic E-state index is 0.0761. The van der Waals surface area contributed by atoms with E-state index in [9.17, 15) is 24.3 Å². The topological polar surface area (TPSA) is 148 Å². The van der Waals surface area contributed by atoms with Crippen LogP contribution in [0.4, 0.5) is 0 Å². The van der Waals surface area contributed by atoms with Crippen LogP contribution in [0.1, 0.15) is 98.0 Å². The van der Waals surface area contributed by atoms with Gasteiger partial charge in [0.05, 0.1) is 6.42 Å². The Labute approximate surface area is 250 Å². The number of aliphatic carboxylic acids is 1. The Bertz CT molecular complexity index is 975. The van der Waals surface area contributed by atoms with Gasteiger partial charge in [0.2, 0.25) is 11.8 Å². The van der Waals surface area contributed by atoms with Crippen LogP contribution in [-0.2, 0) is 30.3 Å². The maximum Gasteiger partial charge on any atom is 0.325 e. The predicted octanol–water partition coefficient (Wildman–Crippen LogP) is 5.02. The molecule has 0 aromatic heterocycles. The van der Waals surface area contributed by atoms with Gasteiger partial charge < -0.3 is 26.2 Å². The highest BCUT2D eigenvalue weighted by atomic mass is 35.5. The van der Waals surface area contributed by atoms with Gasteiger partial charge in [0.25, 0.3) is 0 Å². The van der Waals surface area contributed by atoms with Crippen molar-refractivity contribution in [1.29, 1.82) is 0 Å². The average Bonchev–Trinajstić information content (AvgIpc) is 2.92. The van der Waals surface area contributed by atoms with Crippen molar-refractivity contribution in [2.45, 2.75) is 123 Å². The molecule has 6 atom stereocenters. The molecule has 2 amide bonds. The van der Waals surface area contributed by atoms with Gasteiger partial charge in [0.15, 0.2) is 0 Å². The molecule has 5 N–H and O–H groups in total. The Morgan fingerprint density at radius 3 is 2.24 bits per heavy atom. The Hall–Kier alpha value is -2.65. The van der Waals surface area contributed by atoms with Crippen LogP contribution in [0.3, 0.4) is 0 Å². The minimum Gasteiger partial charge on any atom is -0.480 e. The smallest absolute Gasteiger partial charge is 0.325 e. The number of nitrogens with two attached hydrogens (primary N) is 1. The van der Waals surface area contributed by atoms with E-state index in [2.05, 4.69) is 17.6 Å². The number of ether oxygens (including phenoxy) is 1. The maximum atomic E-state index is 13.3. The zero-order valence-corrected chi connectivity index (χ0v) is 26.0. The van der Waals surface area contributed by atoms with Crippen LogP contribution in [0.2, 0.25) is 5.02 Å². The molecule has 10 heteroatoms. The zero-order chi connectivity index (χ0) is 30.9. The average molecular weight is 596 g/mol. The van der Waals surface area contributed by atoms with Gasteiger partial charge in [-0.3, -0.25) is 19.2 Å². The van der Waals surface area contributed by atoms with Crippen LogP contribution in [0.25, 0.3) is 0 Å². The monoisotopic (exact) mass is 595 g/mol. The molecule has 0 spiro atoms. The summed E-state index contributed by atoms with van der Waals surface area (Å²) in [4.78, 5) is 50.5. The number of nitrogens with one attached hydrogen (secondary N) is 2. The van der Waals surface area contributed by atoms with Gasteiger partial charge in [-0.15, -0.1) is 0 Å². The van der Waals surface area contributed by atoms with Crippen molar-refractivity contribution in [2.75, 3.05) is 0 Å². The van der Waals surface area contributed by atoms with Gasteiger partial charge in [-0.1, -0.05) is 96.4 Å². The number of hydrogen-bond acceptors (Lipinski definition) is 6. The van der Waals surface area contributed by atoms with Crippen LogP contribution in [0.15, 0.2) is 24.3 Å². The van der Waals surface area contributed by atoms with E-state index in [-0.39, 0.29) is 24.7 Å². The summed E-state index contributed by atoms with van der Waals surface area (Å²) in [6, 6.07) is 3.86. The minimum atomic E-state index is -1.20. The van der Waals surface area contributed by atoms with Crippen LogP contribution >= 0.6 is 11.6 Å². The largest absolute Gasteiger partial charge is 0.480 e.